The highest BCUT2D eigenvalue weighted by atomic mass is 35.5. The summed E-state index contributed by atoms with van der Waals surface area (Å²) in [5.41, 5.74) is 2.82. The molecule has 2 aliphatic rings. The van der Waals surface area contributed by atoms with Crippen LogP contribution in [0.5, 0.6) is 0 Å². The molecule has 1 saturated heterocycles. The van der Waals surface area contributed by atoms with Gasteiger partial charge in [-0.2, -0.15) is 0 Å². The number of nitrogens with one attached hydrogen (secondary N) is 1. The smallest absolute Gasteiger partial charge is 0.0426 e. The SMILES string of the molecule is CN1CC2CNCCC2c2ccc(Cl)cc21. The highest BCUT2D eigenvalue weighted by molar-refractivity contribution is 6.30. The van der Waals surface area contributed by atoms with E-state index in [1.54, 1.807) is 0 Å². The van der Waals surface area contributed by atoms with Gasteiger partial charge >= 0.3 is 0 Å². The largest absolute Gasteiger partial charge is 0.374 e. The fraction of sp³-hybridized carbons (Fsp3) is 0.538. The molecule has 2 aliphatic heterocycles. The topological polar surface area (TPSA) is 15.3 Å². The lowest BCUT2D eigenvalue weighted by Crippen LogP contribution is -2.44. The van der Waals surface area contributed by atoms with Crippen LogP contribution >= 0.6 is 11.6 Å². The molecule has 2 heterocycles. The molecule has 0 radical (unpaired) electrons. The molecule has 2 nitrogen and oxygen atoms in total. The molecule has 2 atom stereocenters. The standard InChI is InChI=1S/C13H17ClN2/c1-16-8-9-7-15-5-4-11(9)12-3-2-10(14)6-13(12)16/h2-3,6,9,11,15H,4-5,7-8H2,1H3. The summed E-state index contributed by atoms with van der Waals surface area (Å²) in [7, 11) is 2.17. The molecular formula is C13H17ClN2. The average Bonchev–Trinajstić information content (AvgIpc) is 2.29. The Kier molecular flexibility index (Phi) is 2.56. The van der Waals surface area contributed by atoms with Crippen LogP contribution in [0.25, 0.3) is 0 Å². The van der Waals surface area contributed by atoms with Crippen LogP contribution in [0.1, 0.15) is 17.9 Å². The maximum atomic E-state index is 6.08. The van der Waals surface area contributed by atoms with Gasteiger partial charge in [-0.25, -0.2) is 0 Å². The molecule has 0 aromatic heterocycles. The Labute approximate surface area is 102 Å². The van der Waals surface area contributed by atoms with E-state index in [2.05, 4.69) is 29.4 Å². The van der Waals surface area contributed by atoms with E-state index >= 15 is 0 Å². The molecule has 1 aromatic carbocycles. The summed E-state index contributed by atoms with van der Waals surface area (Å²) in [5.74, 6) is 1.48. The van der Waals surface area contributed by atoms with Crippen molar-refractivity contribution < 1.29 is 0 Å². The van der Waals surface area contributed by atoms with Crippen LogP contribution in [0.3, 0.4) is 0 Å². The fourth-order valence-electron chi connectivity index (χ4n) is 3.14. The lowest BCUT2D eigenvalue weighted by molar-refractivity contribution is 0.318. The summed E-state index contributed by atoms with van der Waals surface area (Å²) in [6.07, 6.45) is 1.26. The summed E-state index contributed by atoms with van der Waals surface area (Å²) in [4.78, 5) is 2.34. The number of fused-ring (bicyclic) bond motifs is 3. The average molecular weight is 237 g/mol. The minimum Gasteiger partial charge on any atom is -0.374 e. The number of nitrogens with zero attached hydrogens (tertiary/aromatic N) is 1. The normalized spacial score (nSPS) is 28.5. The van der Waals surface area contributed by atoms with Crippen molar-refractivity contribution in [1.82, 2.24) is 5.32 Å². The van der Waals surface area contributed by atoms with Gasteiger partial charge in [-0.05, 0) is 42.5 Å². The van der Waals surface area contributed by atoms with E-state index in [-0.39, 0.29) is 0 Å². The lowest BCUT2D eigenvalue weighted by atomic mass is 9.77. The van der Waals surface area contributed by atoms with Gasteiger partial charge in [-0.15, -0.1) is 0 Å². The van der Waals surface area contributed by atoms with E-state index in [0.29, 0.717) is 0 Å². The quantitative estimate of drug-likeness (QED) is 0.745. The number of halogens is 1. The lowest BCUT2D eigenvalue weighted by Gasteiger charge is -2.42. The molecule has 0 amide bonds. The number of piperidine rings is 1. The van der Waals surface area contributed by atoms with Crippen LogP contribution in [-0.4, -0.2) is 26.7 Å². The molecule has 86 valence electrons. The molecule has 0 saturated carbocycles. The zero-order chi connectivity index (χ0) is 11.1. The minimum absolute atomic E-state index is 0.727. The Hall–Kier alpha value is -0.730. The molecule has 0 spiro atoms. The molecule has 2 unspecified atom stereocenters. The van der Waals surface area contributed by atoms with Gasteiger partial charge in [0.1, 0.15) is 0 Å². The third-order valence-electron chi connectivity index (χ3n) is 3.92. The van der Waals surface area contributed by atoms with E-state index in [4.69, 9.17) is 11.6 Å². The molecule has 0 bridgehead atoms. The van der Waals surface area contributed by atoms with Gasteiger partial charge in [0.05, 0.1) is 0 Å². The third-order valence-corrected chi connectivity index (χ3v) is 4.15. The van der Waals surface area contributed by atoms with E-state index in [9.17, 15) is 0 Å². The van der Waals surface area contributed by atoms with Crippen LogP contribution in [0.15, 0.2) is 18.2 Å². The number of benzene rings is 1. The Morgan fingerprint density at radius 1 is 1.44 bits per heavy atom. The zero-order valence-corrected chi connectivity index (χ0v) is 10.3. The molecular weight excluding hydrogens is 220 g/mol. The zero-order valence-electron chi connectivity index (χ0n) is 9.54. The van der Waals surface area contributed by atoms with Gasteiger partial charge in [0, 0.05) is 30.8 Å². The Morgan fingerprint density at radius 2 is 2.31 bits per heavy atom. The summed E-state index contributed by atoms with van der Waals surface area (Å²) in [6.45, 7) is 3.44. The van der Waals surface area contributed by atoms with Crippen LogP contribution < -0.4 is 10.2 Å². The fourth-order valence-corrected chi connectivity index (χ4v) is 3.30. The number of rotatable bonds is 0. The summed E-state index contributed by atoms with van der Waals surface area (Å²) in [6, 6.07) is 6.35. The van der Waals surface area contributed by atoms with Crippen molar-refractivity contribution in [2.45, 2.75) is 12.3 Å². The second-order valence-corrected chi connectivity index (χ2v) is 5.38. The highest BCUT2D eigenvalue weighted by Gasteiger charge is 2.33. The Bertz CT molecular complexity index is 405. The maximum absolute atomic E-state index is 6.08. The van der Waals surface area contributed by atoms with Gasteiger partial charge in [0.15, 0.2) is 0 Å². The maximum Gasteiger partial charge on any atom is 0.0426 e. The van der Waals surface area contributed by atoms with E-state index in [1.165, 1.54) is 17.7 Å². The van der Waals surface area contributed by atoms with Gasteiger partial charge in [0.2, 0.25) is 0 Å². The van der Waals surface area contributed by atoms with Crippen molar-refractivity contribution in [3.63, 3.8) is 0 Å². The third kappa shape index (κ3) is 1.61. The monoisotopic (exact) mass is 236 g/mol. The van der Waals surface area contributed by atoms with Crippen LogP contribution in [-0.2, 0) is 0 Å². The molecule has 1 fully saturated rings. The van der Waals surface area contributed by atoms with E-state index in [1.807, 2.05) is 6.07 Å². The Balaban J connectivity index is 2.04. The first-order chi connectivity index (χ1) is 7.75. The number of hydrogen-bond donors (Lipinski definition) is 1. The van der Waals surface area contributed by atoms with Crippen LogP contribution in [0.2, 0.25) is 5.02 Å². The van der Waals surface area contributed by atoms with Gasteiger partial charge in [0.25, 0.3) is 0 Å². The van der Waals surface area contributed by atoms with Crippen molar-refractivity contribution in [3.8, 4) is 0 Å². The summed E-state index contributed by atoms with van der Waals surface area (Å²) in [5, 5.41) is 4.34. The predicted molar refractivity (Wildman–Crippen MR) is 68.4 cm³/mol. The van der Waals surface area contributed by atoms with E-state index < -0.39 is 0 Å². The van der Waals surface area contributed by atoms with Crippen molar-refractivity contribution in [3.05, 3.63) is 28.8 Å². The molecule has 3 rings (SSSR count). The number of hydrogen-bond acceptors (Lipinski definition) is 2. The molecule has 1 aromatic rings. The van der Waals surface area contributed by atoms with Crippen molar-refractivity contribution >= 4 is 17.3 Å². The first-order valence-electron chi connectivity index (χ1n) is 5.97. The second kappa shape index (κ2) is 3.94. The van der Waals surface area contributed by atoms with Crippen molar-refractivity contribution in [1.29, 1.82) is 0 Å². The predicted octanol–water partition coefficient (Wildman–Crippen LogP) is 2.48. The number of anilines is 1. The first-order valence-corrected chi connectivity index (χ1v) is 6.35. The molecule has 16 heavy (non-hydrogen) atoms. The van der Waals surface area contributed by atoms with Crippen molar-refractivity contribution in [2.75, 3.05) is 31.6 Å². The minimum atomic E-state index is 0.727. The van der Waals surface area contributed by atoms with Crippen molar-refractivity contribution in [2.24, 2.45) is 5.92 Å². The Morgan fingerprint density at radius 3 is 3.19 bits per heavy atom. The molecule has 0 aliphatic carbocycles. The van der Waals surface area contributed by atoms with Crippen LogP contribution in [0, 0.1) is 5.92 Å². The van der Waals surface area contributed by atoms with Gasteiger partial charge in [-0.1, -0.05) is 17.7 Å². The first kappa shape index (κ1) is 10.4. The second-order valence-electron chi connectivity index (χ2n) is 4.94. The molecule has 1 N–H and O–H groups in total. The van der Waals surface area contributed by atoms with Gasteiger partial charge in [-0.3, -0.25) is 0 Å². The summed E-state index contributed by atoms with van der Waals surface area (Å²) < 4.78 is 0. The van der Waals surface area contributed by atoms with Crippen LogP contribution in [0.4, 0.5) is 5.69 Å². The summed E-state index contributed by atoms with van der Waals surface area (Å²) >= 11 is 6.08. The van der Waals surface area contributed by atoms with Gasteiger partial charge < -0.3 is 10.2 Å². The molecule has 3 heteroatoms. The highest BCUT2D eigenvalue weighted by Crippen LogP contribution is 2.41. The van der Waals surface area contributed by atoms with E-state index in [0.717, 1.165) is 36.5 Å².